The Morgan fingerprint density at radius 3 is 2.57 bits per heavy atom. The van der Waals surface area contributed by atoms with Crippen LogP contribution in [0.25, 0.3) is 0 Å². The molecule has 0 unspecified atom stereocenters. The van der Waals surface area contributed by atoms with Crippen LogP contribution in [0, 0.1) is 11.3 Å². The highest BCUT2D eigenvalue weighted by atomic mass is 16.7. The number of carbonyl (C=O) groups is 2. The van der Waals surface area contributed by atoms with E-state index in [1.807, 2.05) is 0 Å². The van der Waals surface area contributed by atoms with E-state index in [9.17, 15) is 9.59 Å². The number of amides is 3. The van der Waals surface area contributed by atoms with Gasteiger partial charge in [-0.2, -0.15) is 5.26 Å². The van der Waals surface area contributed by atoms with Crippen LogP contribution in [0.1, 0.15) is 6.42 Å². The van der Waals surface area contributed by atoms with Crippen molar-refractivity contribution < 1.29 is 24.9 Å². The van der Waals surface area contributed by atoms with Gasteiger partial charge in [-0.15, -0.1) is 0 Å². The number of carbonyl (C=O) groups excluding carboxylic acids is 2. The summed E-state index contributed by atoms with van der Waals surface area (Å²) in [5.41, 5.74) is 3.01. The first-order valence-electron chi connectivity index (χ1n) is 3.81. The Hall–Kier alpha value is -1.49. The summed E-state index contributed by atoms with van der Waals surface area (Å²) in [4.78, 5) is 26.6. The molecular weight excluding hydrogens is 190 g/mol. The Balaban J connectivity index is 4.10. The van der Waals surface area contributed by atoms with E-state index in [-0.39, 0.29) is 13.2 Å². The van der Waals surface area contributed by atoms with Crippen molar-refractivity contribution in [3.63, 3.8) is 0 Å². The molecule has 0 aromatic carbocycles. The summed E-state index contributed by atoms with van der Waals surface area (Å²) in [6.07, 6.45) is -0.422. The van der Waals surface area contributed by atoms with Crippen molar-refractivity contribution in [3.8, 4) is 6.07 Å². The average molecular weight is 202 g/mol. The molecule has 0 aliphatic carbocycles. The van der Waals surface area contributed by atoms with Crippen LogP contribution in [0.15, 0.2) is 0 Å². The summed E-state index contributed by atoms with van der Waals surface area (Å²) < 4.78 is 4.65. The van der Waals surface area contributed by atoms with Gasteiger partial charge in [0.05, 0.1) is 19.3 Å². The SMILES string of the molecule is COCCON(C([NH3+])=O)C(=O)CC#N. The van der Waals surface area contributed by atoms with E-state index in [0.29, 0.717) is 5.06 Å². The van der Waals surface area contributed by atoms with E-state index in [0.717, 1.165) is 0 Å². The lowest BCUT2D eigenvalue weighted by Gasteiger charge is -2.13. The van der Waals surface area contributed by atoms with Crippen molar-refractivity contribution in [2.75, 3.05) is 20.3 Å². The van der Waals surface area contributed by atoms with Gasteiger partial charge in [0.1, 0.15) is 6.42 Å². The molecule has 0 saturated carbocycles. The number of ether oxygens (including phenoxy) is 1. The maximum atomic E-state index is 11.1. The van der Waals surface area contributed by atoms with Crippen LogP contribution >= 0.6 is 0 Å². The van der Waals surface area contributed by atoms with Crippen LogP contribution in [0.2, 0.25) is 0 Å². The molecular formula is C7H12N3O4+. The number of hydrogen-bond acceptors (Lipinski definition) is 5. The van der Waals surface area contributed by atoms with Crippen molar-refractivity contribution in [3.05, 3.63) is 0 Å². The molecule has 7 nitrogen and oxygen atoms in total. The molecule has 0 radical (unpaired) electrons. The smallest absolute Gasteiger partial charge is 0.382 e. The number of nitriles is 1. The molecule has 0 heterocycles. The van der Waals surface area contributed by atoms with E-state index in [1.165, 1.54) is 7.11 Å². The van der Waals surface area contributed by atoms with E-state index < -0.39 is 18.4 Å². The number of quaternary nitrogens is 1. The summed E-state index contributed by atoms with van der Waals surface area (Å²) in [6.45, 7) is 0.290. The van der Waals surface area contributed by atoms with Gasteiger partial charge < -0.3 is 4.74 Å². The molecule has 0 aromatic rings. The molecule has 14 heavy (non-hydrogen) atoms. The second-order valence-corrected chi connectivity index (χ2v) is 2.24. The molecule has 3 amide bonds. The third kappa shape index (κ3) is 4.51. The van der Waals surface area contributed by atoms with Gasteiger partial charge in [0, 0.05) is 7.11 Å². The van der Waals surface area contributed by atoms with Crippen LogP contribution < -0.4 is 5.73 Å². The predicted octanol–water partition coefficient (Wildman–Crippen LogP) is -1.33. The Bertz CT molecular complexity index is 248. The zero-order valence-corrected chi connectivity index (χ0v) is 7.86. The number of urea groups is 1. The summed E-state index contributed by atoms with van der Waals surface area (Å²) in [5.74, 6) is -0.733. The lowest BCUT2D eigenvalue weighted by molar-refractivity contribution is -0.297. The quantitative estimate of drug-likeness (QED) is 0.439. The van der Waals surface area contributed by atoms with Gasteiger partial charge >= 0.3 is 6.03 Å². The number of hydroxylamine groups is 2. The Labute approximate surface area is 80.9 Å². The maximum Gasteiger partial charge on any atom is 0.445 e. The molecule has 0 rings (SSSR count). The minimum atomic E-state index is -0.804. The molecule has 0 spiro atoms. The van der Waals surface area contributed by atoms with Crippen molar-refractivity contribution in [1.82, 2.24) is 5.06 Å². The predicted molar refractivity (Wildman–Crippen MR) is 43.2 cm³/mol. The molecule has 0 aromatic heterocycles. The average Bonchev–Trinajstić information content (AvgIpc) is 2.12. The Kier molecular flexibility index (Phi) is 6.22. The fourth-order valence-electron chi connectivity index (χ4n) is 0.634. The van der Waals surface area contributed by atoms with Gasteiger partial charge in [-0.3, -0.25) is 15.4 Å². The zero-order chi connectivity index (χ0) is 11.0. The van der Waals surface area contributed by atoms with Gasteiger partial charge in [-0.25, -0.2) is 4.79 Å². The summed E-state index contributed by atoms with van der Waals surface area (Å²) in [7, 11) is 1.46. The van der Waals surface area contributed by atoms with Gasteiger partial charge in [0.25, 0.3) is 5.91 Å². The lowest BCUT2D eigenvalue weighted by atomic mass is 10.4. The fraction of sp³-hybridized carbons (Fsp3) is 0.571. The van der Waals surface area contributed by atoms with E-state index >= 15 is 0 Å². The summed E-state index contributed by atoms with van der Waals surface area (Å²) in [6, 6.07) is 0.806. The standard InChI is InChI=1S/C7H11N3O4/c1-13-4-5-14-10(7(9)12)6(11)2-3-8/h2,4-5H2,1H3,(H2,9,12)/p+1. The normalized spacial score (nSPS) is 9.21. The zero-order valence-electron chi connectivity index (χ0n) is 7.86. The molecule has 0 fully saturated rings. The third-order valence-corrected chi connectivity index (χ3v) is 1.19. The number of methoxy groups -OCH3 is 1. The van der Waals surface area contributed by atoms with Crippen molar-refractivity contribution in [2.24, 2.45) is 0 Å². The number of rotatable bonds is 5. The highest BCUT2D eigenvalue weighted by Crippen LogP contribution is 1.94. The van der Waals surface area contributed by atoms with Gasteiger partial charge in [-0.05, 0) is 0 Å². The lowest BCUT2D eigenvalue weighted by Crippen LogP contribution is -2.65. The molecule has 0 bridgehead atoms. The minimum Gasteiger partial charge on any atom is -0.382 e. The monoisotopic (exact) mass is 202 g/mol. The minimum absolute atomic E-state index is 0.0505. The first-order valence-corrected chi connectivity index (χ1v) is 3.81. The summed E-state index contributed by atoms with van der Waals surface area (Å²) in [5, 5.41) is 8.69. The van der Waals surface area contributed by atoms with Crippen LogP contribution in [-0.2, 0) is 14.4 Å². The third-order valence-electron chi connectivity index (χ3n) is 1.19. The molecule has 78 valence electrons. The molecule has 0 atom stereocenters. The number of imide groups is 1. The van der Waals surface area contributed by atoms with Crippen LogP contribution in [-0.4, -0.2) is 37.3 Å². The molecule has 7 heteroatoms. The number of hydrogen-bond donors (Lipinski definition) is 1. The van der Waals surface area contributed by atoms with Crippen molar-refractivity contribution in [1.29, 1.82) is 5.26 Å². The van der Waals surface area contributed by atoms with Crippen molar-refractivity contribution in [2.45, 2.75) is 6.42 Å². The molecule has 0 saturated heterocycles. The second-order valence-electron chi connectivity index (χ2n) is 2.24. The Morgan fingerprint density at radius 1 is 1.50 bits per heavy atom. The fourth-order valence-corrected chi connectivity index (χ4v) is 0.634. The van der Waals surface area contributed by atoms with Crippen LogP contribution in [0.5, 0.6) is 0 Å². The highest BCUT2D eigenvalue weighted by Gasteiger charge is 2.22. The van der Waals surface area contributed by atoms with E-state index in [4.69, 9.17) is 10.1 Å². The van der Waals surface area contributed by atoms with Crippen molar-refractivity contribution >= 4 is 11.9 Å². The van der Waals surface area contributed by atoms with Gasteiger partial charge in [-0.1, -0.05) is 5.06 Å². The second kappa shape index (κ2) is 6.97. The van der Waals surface area contributed by atoms with E-state index in [2.05, 4.69) is 10.5 Å². The molecule has 0 aliphatic rings. The maximum absolute atomic E-state index is 11.1. The van der Waals surface area contributed by atoms with Crippen LogP contribution in [0.4, 0.5) is 4.79 Å². The van der Waals surface area contributed by atoms with Crippen LogP contribution in [0.3, 0.4) is 0 Å². The first kappa shape index (κ1) is 12.5. The van der Waals surface area contributed by atoms with Gasteiger partial charge in [0.15, 0.2) is 0 Å². The number of nitrogens with zero attached hydrogens (tertiary/aromatic N) is 2. The first-order chi connectivity index (χ1) is 6.63. The molecule has 0 aliphatic heterocycles. The van der Waals surface area contributed by atoms with E-state index in [1.54, 1.807) is 6.07 Å². The highest BCUT2D eigenvalue weighted by molar-refractivity contribution is 5.89. The topological polar surface area (TPSA) is 107 Å². The summed E-state index contributed by atoms with van der Waals surface area (Å²) >= 11 is 0. The molecule has 3 N–H and O–H groups in total. The Morgan fingerprint density at radius 2 is 2.14 bits per heavy atom. The van der Waals surface area contributed by atoms with Gasteiger partial charge in [0.2, 0.25) is 0 Å². The largest absolute Gasteiger partial charge is 0.445 e.